The quantitative estimate of drug-likeness (QED) is 0.692. The van der Waals surface area contributed by atoms with Gasteiger partial charge in [-0.15, -0.1) is 0 Å². The van der Waals surface area contributed by atoms with E-state index in [4.69, 9.17) is 10.8 Å². The Balaban J connectivity index is 3.07. The van der Waals surface area contributed by atoms with Crippen molar-refractivity contribution in [1.82, 2.24) is 0 Å². The second-order valence-electron chi connectivity index (χ2n) is 3.88. The highest BCUT2D eigenvalue weighted by molar-refractivity contribution is 5.94. The number of rotatable bonds is 5. The molecule has 17 heavy (non-hydrogen) atoms. The molecule has 4 nitrogen and oxygen atoms in total. The smallest absolute Gasteiger partial charge is 0.337 e. The molecule has 0 unspecified atom stereocenters. The number of hydrogen-bond donors (Lipinski definition) is 3. The Labute approximate surface area is 99.6 Å². The molecule has 0 fully saturated rings. The van der Waals surface area contributed by atoms with Gasteiger partial charge in [-0.1, -0.05) is 13.8 Å². The van der Waals surface area contributed by atoms with Gasteiger partial charge in [0.1, 0.15) is 5.82 Å². The normalized spacial score (nSPS) is 10.6. The SMILES string of the molecule is CCC(CC)Nc1cc(C(=O)O)c(N)cc1F. The van der Waals surface area contributed by atoms with Crippen molar-refractivity contribution >= 4 is 17.3 Å². The number of nitrogens with two attached hydrogens (primary N) is 1. The monoisotopic (exact) mass is 240 g/mol. The maximum Gasteiger partial charge on any atom is 0.337 e. The van der Waals surface area contributed by atoms with Gasteiger partial charge in [0.05, 0.1) is 11.3 Å². The van der Waals surface area contributed by atoms with Crippen molar-refractivity contribution in [1.29, 1.82) is 0 Å². The molecular weight excluding hydrogens is 223 g/mol. The van der Waals surface area contributed by atoms with Crippen molar-refractivity contribution in [2.45, 2.75) is 32.7 Å². The van der Waals surface area contributed by atoms with Gasteiger partial charge in [-0.25, -0.2) is 9.18 Å². The molecule has 0 aliphatic carbocycles. The van der Waals surface area contributed by atoms with Crippen molar-refractivity contribution in [2.24, 2.45) is 0 Å². The minimum absolute atomic E-state index is 0.0647. The number of halogens is 1. The van der Waals surface area contributed by atoms with Gasteiger partial charge in [0.2, 0.25) is 0 Å². The van der Waals surface area contributed by atoms with Crippen LogP contribution in [0.4, 0.5) is 15.8 Å². The van der Waals surface area contributed by atoms with E-state index in [1.807, 2.05) is 13.8 Å². The molecule has 0 atom stereocenters. The standard InChI is InChI=1S/C12H17FN2O2/c1-3-7(4-2)15-11-5-8(12(16)17)10(14)6-9(11)13/h5-7,15H,3-4,14H2,1-2H3,(H,16,17). The van der Waals surface area contributed by atoms with Crippen LogP contribution in [-0.4, -0.2) is 17.1 Å². The van der Waals surface area contributed by atoms with Crippen molar-refractivity contribution in [3.8, 4) is 0 Å². The molecule has 0 radical (unpaired) electrons. The van der Waals surface area contributed by atoms with E-state index in [-0.39, 0.29) is 23.0 Å². The Hall–Kier alpha value is -1.78. The third kappa shape index (κ3) is 3.09. The Kier molecular flexibility index (Phi) is 4.31. The summed E-state index contributed by atoms with van der Waals surface area (Å²) in [5.74, 6) is -1.69. The van der Waals surface area contributed by atoms with E-state index in [1.165, 1.54) is 6.07 Å². The zero-order valence-corrected chi connectivity index (χ0v) is 9.96. The molecule has 0 spiro atoms. The molecule has 0 saturated heterocycles. The van der Waals surface area contributed by atoms with Crippen LogP contribution in [0.25, 0.3) is 0 Å². The van der Waals surface area contributed by atoms with Crippen molar-refractivity contribution < 1.29 is 14.3 Å². The maximum absolute atomic E-state index is 13.6. The highest BCUT2D eigenvalue weighted by Crippen LogP contribution is 2.23. The molecule has 0 heterocycles. The lowest BCUT2D eigenvalue weighted by molar-refractivity contribution is 0.0698. The summed E-state index contributed by atoms with van der Waals surface area (Å²) in [5, 5.41) is 11.9. The number of carboxylic acid groups (broad SMARTS) is 1. The first-order valence-electron chi connectivity index (χ1n) is 5.58. The van der Waals surface area contributed by atoms with Gasteiger partial charge >= 0.3 is 5.97 Å². The van der Waals surface area contributed by atoms with Crippen LogP contribution in [0, 0.1) is 5.82 Å². The molecule has 1 rings (SSSR count). The molecule has 0 saturated carbocycles. The molecular formula is C12H17FN2O2. The lowest BCUT2D eigenvalue weighted by atomic mass is 10.1. The van der Waals surface area contributed by atoms with Gasteiger partial charge < -0.3 is 16.2 Å². The van der Waals surface area contributed by atoms with Gasteiger partial charge in [0.25, 0.3) is 0 Å². The molecule has 0 bridgehead atoms. The first kappa shape index (κ1) is 13.3. The van der Waals surface area contributed by atoms with Crippen molar-refractivity contribution in [2.75, 3.05) is 11.1 Å². The highest BCUT2D eigenvalue weighted by atomic mass is 19.1. The number of hydrogen-bond acceptors (Lipinski definition) is 3. The Morgan fingerprint density at radius 1 is 1.47 bits per heavy atom. The van der Waals surface area contributed by atoms with Crippen LogP contribution >= 0.6 is 0 Å². The van der Waals surface area contributed by atoms with Gasteiger partial charge in [-0.3, -0.25) is 0 Å². The van der Waals surface area contributed by atoms with E-state index in [9.17, 15) is 9.18 Å². The topological polar surface area (TPSA) is 75.3 Å². The largest absolute Gasteiger partial charge is 0.478 e. The van der Waals surface area contributed by atoms with Crippen LogP contribution in [0.1, 0.15) is 37.0 Å². The van der Waals surface area contributed by atoms with Crippen molar-refractivity contribution in [3.05, 3.63) is 23.5 Å². The van der Waals surface area contributed by atoms with Crippen LogP contribution in [-0.2, 0) is 0 Å². The van der Waals surface area contributed by atoms with E-state index in [0.29, 0.717) is 0 Å². The third-order valence-corrected chi connectivity index (χ3v) is 2.71. The van der Waals surface area contributed by atoms with Gasteiger partial charge in [-0.2, -0.15) is 0 Å². The van der Waals surface area contributed by atoms with Crippen LogP contribution in [0.5, 0.6) is 0 Å². The lowest BCUT2D eigenvalue weighted by Crippen LogP contribution is -2.18. The van der Waals surface area contributed by atoms with Gasteiger partial charge in [0.15, 0.2) is 0 Å². The average molecular weight is 240 g/mol. The summed E-state index contributed by atoms with van der Waals surface area (Å²) < 4.78 is 13.6. The summed E-state index contributed by atoms with van der Waals surface area (Å²) in [5.41, 5.74) is 5.48. The molecule has 4 N–H and O–H groups in total. The number of benzene rings is 1. The lowest BCUT2D eigenvalue weighted by Gasteiger charge is -2.17. The fourth-order valence-corrected chi connectivity index (χ4v) is 1.60. The Morgan fingerprint density at radius 2 is 2.06 bits per heavy atom. The summed E-state index contributed by atoms with van der Waals surface area (Å²) in [6, 6.07) is 2.40. The number of aromatic carboxylic acids is 1. The molecule has 94 valence electrons. The van der Waals surface area contributed by atoms with E-state index in [2.05, 4.69) is 5.32 Å². The molecule has 0 aromatic heterocycles. The fraction of sp³-hybridized carbons (Fsp3) is 0.417. The second kappa shape index (κ2) is 5.52. The molecule has 1 aromatic rings. The Bertz CT molecular complexity index is 417. The molecule has 0 aliphatic rings. The van der Waals surface area contributed by atoms with E-state index >= 15 is 0 Å². The predicted octanol–water partition coefficient (Wildman–Crippen LogP) is 2.71. The zero-order valence-electron chi connectivity index (χ0n) is 9.96. The summed E-state index contributed by atoms with van der Waals surface area (Å²) >= 11 is 0. The minimum atomic E-state index is -1.16. The van der Waals surface area contributed by atoms with Crippen LogP contribution < -0.4 is 11.1 Å². The first-order chi connectivity index (χ1) is 7.99. The second-order valence-corrected chi connectivity index (χ2v) is 3.88. The van der Waals surface area contributed by atoms with Crippen molar-refractivity contribution in [3.63, 3.8) is 0 Å². The number of carbonyl (C=O) groups is 1. The van der Waals surface area contributed by atoms with E-state index < -0.39 is 11.8 Å². The first-order valence-corrected chi connectivity index (χ1v) is 5.58. The summed E-state index contributed by atoms with van der Waals surface area (Å²) in [6.45, 7) is 3.96. The number of carboxylic acids is 1. The van der Waals surface area contributed by atoms with Crippen LogP contribution in [0.3, 0.4) is 0 Å². The predicted molar refractivity (Wildman–Crippen MR) is 65.8 cm³/mol. The van der Waals surface area contributed by atoms with E-state index in [1.54, 1.807) is 0 Å². The number of nitrogens with one attached hydrogen (secondary N) is 1. The molecule has 0 amide bonds. The Morgan fingerprint density at radius 3 is 2.53 bits per heavy atom. The number of nitrogen functional groups attached to an aromatic ring is 1. The van der Waals surface area contributed by atoms with Gasteiger partial charge in [-0.05, 0) is 25.0 Å². The summed E-state index contributed by atoms with van der Waals surface area (Å²) in [4.78, 5) is 10.9. The highest BCUT2D eigenvalue weighted by Gasteiger charge is 2.14. The minimum Gasteiger partial charge on any atom is -0.478 e. The molecule has 0 aliphatic heterocycles. The zero-order chi connectivity index (χ0) is 13.0. The third-order valence-electron chi connectivity index (χ3n) is 2.71. The van der Waals surface area contributed by atoms with Crippen LogP contribution in [0.15, 0.2) is 12.1 Å². The van der Waals surface area contributed by atoms with E-state index in [0.717, 1.165) is 18.9 Å². The van der Waals surface area contributed by atoms with Gasteiger partial charge in [0, 0.05) is 11.7 Å². The molecule has 1 aromatic carbocycles. The number of anilines is 2. The maximum atomic E-state index is 13.6. The fourth-order valence-electron chi connectivity index (χ4n) is 1.60. The summed E-state index contributed by atoms with van der Waals surface area (Å²) in [7, 11) is 0. The van der Waals surface area contributed by atoms with Crippen LogP contribution in [0.2, 0.25) is 0 Å². The average Bonchev–Trinajstić information content (AvgIpc) is 2.27. The molecule has 5 heteroatoms. The summed E-state index contributed by atoms with van der Waals surface area (Å²) in [6.07, 6.45) is 1.67.